The van der Waals surface area contributed by atoms with Crippen molar-refractivity contribution >= 4 is 27.0 Å². The first-order valence-electron chi connectivity index (χ1n) is 6.04. The van der Waals surface area contributed by atoms with E-state index in [2.05, 4.69) is 6.92 Å². The second-order valence-electron chi connectivity index (χ2n) is 4.39. The molecular weight excluding hydrogens is 312 g/mol. The van der Waals surface area contributed by atoms with Crippen LogP contribution in [0.1, 0.15) is 39.0 Å². The van der Waals surface area contributed by atoms with Crippen LogP contribution >= 0.6 is 27.0 Å². The second-order valence-corrected chi connectivity index (χ2v) is 9.74. The van der Waals surface area contributed by atoms with Crippen molar-refractivity contribution in [3.8, 4) is 0 Å². The van der Waals surface area contributed by atoms with Gasteiger partial charge in [-0.2, -0.15) is 11.8 Å². The van der Waals surface area contributed by atoms with Gasteiger partial charge in [-0.3, -0.25) is 9.13 Å². The lowest BCUT2D eigenvalue weighted by atomic mass is 10.2. The van der Waals surface area contributed by atoms with Crippen LogP contribution in [-0.4, -0.2) is 36.1 Å². The lowest BCUT2D eigenvalue weighted by Gasteiger charge is -2.30. The van der Waals surface area contributed by atoms with Crippen molar-refractivity contribution in [1.29, 1.82) is 0 Å². The molecule has 0 radical (unpaired) electrons. The molecule has 0 amide bonds. The van der Waals surface area contributed by atoms with Crippen molar-refractivity contribution in [2.75, 3.05) is 11.5 Å². The maximum atomic E-state index is 11.2. The van der Waals surface area contributed by atoms with Gasteiger partial charge in [0, 0.05) is 0 Å². The van der Waals surface area contributed by atoms with Crippen molar-refractivity contribution in [3.05, 3.63) is 0 Å². The van der Waals surface area contributed by atoms with E-state index in [1.54, 1.807) is 11.8 Å². The highest BCUT2D eigenvalue weighted by atomic mass is 32.2. The van der Waals surface area contributed by atoms with Gasteiger partial charge in [0.2, 0.25) is 5.02 Å². The van der Waals surface area contributed by atoms with Gasteiger partial charge in [0.25, 0.3) is 0 Å². The van der Waals surface area contributed by atoms with Gasteiger partial charge in [-0.25, -0.2) is 0 Å². The molecule has 0 saturated carbocycles. The lowest BCUT2D eigenvalue weighted by molar-refractivity contribution is 0.300. The standard InChI is InChI=1S/C9H23NO6P2S/c1-2-7-19-8-5-3-4-6-9(10,17(11,12)13)18(14,15)16/h2-8,10H2,1H3,(H2,11,12,13)(H2,14,15,16). The SMILES string of the molecule is CCCSCCCCCC(N)(P(=O)(O)O)P(=O)(O)O. The molecule has 10 heteroatoms. The first kappa shape index (κ1) is 19.6. The zero-order valence-electron chi connectivity index (χ0n) is 10.9. The van der Waals surface area contributed by atoms with E-state index in [4.69, 9.17) is 25.3 Å². The molecule has 0 spiro atoms. The third-order valence-electron chi connectivity index (χ3n) is 2.69. The van der Waals surface area contributed by atoms with Crippen molar-refractivity contribution < 1.29 is 28.7 Å². The van der Waals surface area contributed by atoms with Gasteiger partial charge < -0.3 is 25.3 Å². The molecule has 0 aliphatic carbocycles. The van der Waals surface area contributed by atoms with Crippen molar-refractivity contribution in [3.63, 3.8) is 0 Å². The number of thioether (sulfide) groups is 1. The summed E-state index contributed by atoms with van der Waals surface area (Å²) in [4.78, 5) is 36.1. The van der Waals surface area contributed by atoms with E-state index in [0.717, 1.165) is 24.3 Å². The average molecular weight is 335 g/mol. The Morgan fingerprint density at radius 1 is 1.00 bits per heavy atom. The normalized spacial score (nSPS) is 13.8. The molecule has 6 N–H and O–H groups in total. The molecule has 0 saturated heterocycles. The number of unbranched alkanes of at least 4 members (excludes halogenated alkanes) is 2. The molecule has 7 nitrogen and oxygen atoms in total. The van der Waals surface area contributed by atoms with Crippen LogP contribution in [0.15, 0.2) is 0 Å². The summed E-state index contributed by atoms with van der Waals surface area (Å²) in [6.07, 6.45) is 2.45. The van der Waals surface area contributed by atoms with Gasteiger partial charge >= 0.3 is 15.2 Å². The van der Waals surface area contributed by atoms with E-state index in [9.17, 15) is 9.13 Å². The summed E-state index contributed by atoms with van der Waals surface area (Å²) >= 11 is 1.78. The van der Waals surface area contributed by atoms with Crippen molar-refractivity contribution in [2.45, 2.75) is 44.0 Å². The fourth-order valence-electron chi connectivity index (χ4n) is 1.47. The molecule has 0 aromatic heterocycles. The Balaban J connectivity index is 4.26. The molecule has 0 aromatic rings. The van der Waals surface area contributed by atoms with Crippen LogP contribution in [-0.2, 0) is 9.13 Å². The van der Waals surface area contributed by atoms with Crippen molar-refractivity contribution in [1.82, 2.24) is 0 Å². The highest BCUT2D eigenvalue weighted by Crippen LogP contribution is 2.67. The van der Waals surface area contributed by atoms with E-state index in [-0.39, 0.29) is 12.8 Å². The van der Waals surface area contributed by atoms with Gasteiger partial charge in [0.05, 0.1) is 0 Å². The number of nitrogens with two attached hydrogens (primary N) is 1. The van der Waals surface area contributed by atoms with Gasteiger partial charge in [-0.05, 0) is 30.8 Å². The smallest absolute Gasteiger partial charge is 0.323 e. The van der Waals surface area contributed by atoms with Gasteiger partial charge in [-0.15, -0.1) is 0 Å². The van der Waals surface area contributed by atoms with Crippen LogP contribution in [0.4, 0.5) is 0 Å². The van der Waals surface area contributed by atoms with E-state index in [0.29, 0.717) is 6.42 Å². The van der Waals surface area contributed by atoms with Gasteiger partial charge in [-0.1, -0.05) is 19.8 Å². The van der Waals surface area contributed by atoms with E-state index in [1.165, 1.54) is 0 Å². The topological polar surface area (TPSA) is 141 Å². The molecular formula is C9H23NO6P2S. The quantitative estimate of drug-likeness (QED) is 0.300. The zero-order chi connectivity index (χ0) is 15.2. The highest BCUT2D eigenvalue weighted by molar-refractivity contribution is 7.99. The maximum absolute atomic E-state index is 11.2. The van der Waals surface area contributed by atoms with E-state index in [1.807, 2.05) is 0 Å². The van der Waals surface area contributed by atoms with Crippen LogP contribution in [0.5, 0.6) is 0 Å². The van der Waals surface area contributed by atoms with E-state index >= 15 is 0 Å². The minimum Gasteiger partial charge on any atom is -0.323 e. The third-order valence-corrected chi connectivity index (χ3v) is 7.99. The third kappa shape index (κ3) is 6.27. The highest BCUT2D eigenvalue weighted by Gasteiger charge is 2.56. The summed E-state index contributed by atoms with van der Waals surface area (Å²) in [5, 5.41) is -2.75. The summed E-state index contributed by atoms with van der Waals surface area (Å²) in [5.74, 6) is 1.99. The molecule has 0 aliphatic rings. The van der Waals surface area contributed by atoms with E-state index < -0.39 is 20.2 Å². The van der Waals surface area contributed by atoms with Crippen LogP contribution in [0.3, 0.4) is 0 Å². The van der Waals surface area contributed by atoms with Crippen LogP contribution in [0.2, 0.25) is 0 Å². The summed E-state index contributed by atoms with van der Waals surface area (Å²) in [7, 11) is -10.1. The minimum atomic E-state index is -5.07. The Hall–Kier alpha value is 0.610. The Morgan fingerprint density at radius 2 is 1.53 bits per heavy atom. The predicted octanol–water partition coefficient (Wildman–Crippen LogP) is 1.66. The maximum Gasteiger partial charge on any atom is 0.357 e. The molecule has 0 fully saturated rings. The molecule has 0 unspecified atom stereocenters. The molecule has 19 heavy (non-hydrogen) atoms. The molecule has 0 aliphatic heterocycles. The van der Waals surface area contributed by atoms with Gasteiger partial charge in [0.15, 0.2) is 0 Å². The number of hydrogen-bond donors (Lipinski definition) is 5. The summed E-state index contributed by atoms with van der Waals surface area (Å²) < 4.78 is 22.4. The Labute approximate surface area is 117 Å². The number of rotatable bonds is 10. The predicted molar refractivity (Wildman–Crippen MR) is 77.1 cm³/mol. The average Bonchev–Trinajstić information content (AvgIpc) is 2.24. The monoisotopic (exact) mass is 335 g/mol. The molecule has 0 atom stereocenters. The Morgan fingerprint density at radius 3 is 1.95 bits per heavy atom. The first-order valence-corrected chi connectivity index (χ1v) is 10.4. The molecule has 0 rings (SSSR count). The number of hydrogen-bond acceptors (Lipinski definition) is 4. The minimum absolute atomic E-state index is 0.277. The first-order chi connectivity index (χ1) is 8.56. The molecule has 0 aromatic carbocycles. The molecule has 0 bridgehead atoms. The summed E-state index contributed by atoms with van der Waals surface area (Å²) in [6.45, 7) is 2.08. The second kappa shape index (κ2) is 8.15. The summed E-state index contributed by atoms with van der Waals surface area (Å²) in [6, 6.07) is 0. The molecule has 116 valence electrons. The lowest BCUT2D eigenvalue weighted by Crippen LogP contribution is -2.39. The fraction of sp³-hybridized carbons (Fsp3) is 1.00. The molecule has 0 heterocycles. The Bertz CT molecular complexity index is 333. The van der Waals surface area contributed by atoms with Crippen LogP contribution in [0, 0.1) is 0 Å². The van der Waals surface area contributed by atoms with Crippen LogP contribution < -0.4 is 5.73 Å². The largest absolute Gasteiger partial charge is 0.357 e. The van der Waals surface area contributed by atoms with Crippen LogP contribution in [0.25, 0.3) is 0 Å². The summed E-state index contributed by atoms with van der Waals surface area (Å²) in [5.41, 5.74) is 5.28. The Kier molecular flexibility index (Phi) is 8.41. The van der Waals surface area contributed by atoms with Crippen molar-refractivity contribution in [2.24, 2.45) is 5.73 Å². The zero-order valence-corrected chi connectivity index (χ0v) is 13.5. The fourth-order valence-corrected chi connectivity index (χ4v) is 4.63. The van der Waals surface area contributed by atoms with Gasteiger partial charge in [0.1, 0.15) is 0 Å².